The predicted octanol–water partition coefficient (Wildman–Crippen LogP) is 8.73. The van der Waals surface area contributed by atoms with Crippen molar-refractivity contribution < 1.29 is 19.2 Å². The molecule has 2 saturated heterocycles. The van der Waals surface area contributed by atoms with Crippen LogP contribution in [-0.2, 0) is 14.4 Å². The molecule has 2 aromatic carbocycles. The van der Waals surface area contributed by atoms with Gasteiger partial charge in [-0.05, 0) is 120 Å². The van der Waals surface area contributed by atoms with E-state index in [1.165, 1.54) is 38.5 Å². The molecule has 0 saturated carbocycles. The maximum Gasteiger partial charge on any atom is 0.254 e. The lowest BCUT2D eigenvalue weighted by Crippen LogP contribution is -2.52. The molecule has 2 aliphatic rings. The first-order valence-corrected chi connectivity index (χ1v) is 23.6. The van der Waals surface area contributed by atoms with E-state index in [0.29, 0.717) is 31.6 Å². The number of carbonyl (C=O) groups is 4. The van der Waals surface area contributed by atoms with Gasteiger partial charge in [0.05, 0.1) is 0 Å². The molecule has 0 radical (unpaired) electrons. The van der Waals surface area contributed by atoms with E-state index in [1.807, 2.05) is 47.4 Å². The second-order valence-corrected chi connectivity index (χ2v) is 16.4. The summed E-state index contributed by atoms with van der Waals surface area (Å²) < 4.78 is 0. The van der Waals surface area contributed by atoms with Gasteiger partial charge in [0.1, 0.15) is 12.1 Å². The van der Waals surface area contributed by atoms with E-state index in [4.69, 9.17) is 5.73 Å². The second-order valence-electron chi connectivity index (χ2n) is 16.4. The highest BCUT2D eigenvalue weighted by atomic mass is 16.2. The summed E-state index contributed by atoms with van der Waals surface area (Å²) in [5.74, 6) is 0.142. The molecule has 0 unspecified atom stereocenters. The number of likely N-dealkylation sites (tertiary alicyclic amines) is 2. The van der Waals surface area contributed by atoms with Crippen molar-refractivity contribution >= 4 is 23.6 Å². The number of hydrogen-bond acceptors (Lipinski definition) is 6. The van der Waals surface area contributed by atoms with Crippen molar-refractivity contribution in [1.29, 1.82) is 0 Å². The normalized spacial score (nSPS) is 16.6. The summed E-state index contributed by atoms with van der Waals surface area (Å²) in [5.41, 5.74) is 8.33. The minimum Gasteiger partial charge on any atom is -0.354 e. The number of piperidine rings is 2. The molecular weight excluding hydrogens is 737 g/mol. The van der Waals surface area contributed by atoms with Gasteiger partial charge < -0.3 is 31.1 Å². The Bertz CT molecular complexity index is 1450. The zero-order valence-corrected chi connectivity index (χ0v) is 37.2. The Morgan fingerprint density at radius 2 is 1.14 bits per heavy atom. The Kier molecular flexibility index (Phi) is 25.5. The van der Waals surface area contributed by atoms with Crippen LogP contribution < -0.4 is 16.4 Å². The molecule has 2 fully saturated rings. The summed E-state index contributed by atoms with van der Waals surface area (Å²) in [5, 5.41) is 6.10. The van der Waals surface area contributed by atoms with Gasteiger partial charge in [0, 0.05) is 38.2 Å². The molecule has 2 atom stereocenters. The minimum atomic E-state index is -0.375. The van der Waals surface area contributed by atoms with Crippen LogP contribution in [0.2, 0.25) is 0 Å². The van der Waals surface area contributed by atoms with Crippen molar-refractivity contribution in [2.24, 2.45) is 5.73 Å². The Morgan fingerprint density at radius 1 is 0.610 bits per heavy atom. The van der Waals surface area contributed by atoms with Crippen LogP contribution in [0.15, 0.2) is 54.6 Å². The number of amides is 4. The summed E-state index contributed by atoms with van der Waals surface area (Å²) in [4.78, 5) is 57.3. The van der Waals surface area contributed by atoms with Crippen molar-refractivity contribution in [3.05, 3.63) is 60.2 Å². The Morgan fingerprint density at radius 3 is 1.73 bits per heavy atom. The van der Waals surface area contributed by atoms with Crippen LogP contribution in [-0.4, -0.2) is 103 Å². The second kappa shape index (κ2) is 30.3. The molecular formula is C49H80N6O4. The van der Waals surface area contributed by atoms with Gasteiger partial charge in [-0.15, -0.1) is 0 Å². The van der Waals surface area contributed by atoms with Gasteiger partial charge in [0.2, 0.25) is 17.7 Å². The van der Waals surface area contributed by atoms with Crippen LogP contribution in [0.1, 0.15) is 160 Å². The summed E-state index contributed by atoms with van der Waals surface area (Å²) in [6.07, 6.45) is 21.0. The summed E-state index contributed by atoms with van der Waals surface area (Å²) in [6, 6.07) is 17.1. The Hall–Kier alpha value is -3.76. The maximum atomic E-state index is 13.1. The van der Waals surface area contributed by atoms with Crippen molar-refractivity contribution in [2.45, 2.75) is 161 Å². The topological polar surface area (TPSA) is 128 Å². The van der Waals surface area contributed by atoms with E-state index in [-0.39, 0.29) is 35.7 Å². The van der Waals surface area contributed by atoms with Crippen LogP contribution in [0.25, 0.3) is 11.1 Å². The smallest absolute Gasteiger partial charge is 0.254 e. The van der Waals surface area contributed by atoms with E-state index in [9.17, 15) is 19.2 Å². The van der Waals surface area contributed by atoms with E-state index in [1.54, 1.807) is 4.90 Å². The zero-order valence-electron chi connectivity index (χ0n) is 37.2. The predicted molar refractivity (Wildman–Crippen MR) is 243 cm³/mol. The van der Waals surface area contributed by atoms with Gasteiger partial charge in [-0.2, -0.15) is 0 Å². The lowest BCUT2D eigenvalue weighted by atomic mass is 9.99. The van der Waals surface area contributed by atoms with Gasteiger partial charge in [-0.1, -0.05) is 115 Å². The van der Waals surface area contributed by atoms with Gasteiger partial charge in [-0.3, -0.25) is 19.2 Å². The Balaban J connectivity index is 0.000000315. The third kappa shape index (κ3) is 18.6. The molecule has 0 spiro atoms. The standard InChI is InChI=1S/C25H49N3O2.C24H31N3O2/c1-4-7-8-9-10-11-12-13-19-24(29)28-22-16-14-18-23(28)25(30)26-20-15-17-21-27(5-2)6-3;25-16-6-2-7-17-26-23(28)22-11-5-8-18-27(22)24(29)21-14-12-20(13-15-21)19-9-3-1-4-10-19/h23H,4-22H2,1-3H3,(H,26,30);1,3-4,9-10,12-15,22H,2,5-8,11,16-18,25H2,(H,26,28)/t23-;22-/m11/s1. The Labute approximate surface area is 357 Å². The van der Waals surface area contributed by atoms with Crippen LogP contribution in [0, 0.1) is 0 Å². The van der Waals surface area contributed by atoms with E-state index in [2.05, 4.69) is 48.4 Å². The summed E-state index contributed by atoms with van der Waals surface area (Å²) in [7, 11) is 0. The summed E-state index contributed by atoms with van der Waals surface area (Å²) >= 11 is 0. The quantitative estimate of drug-likeness (QED) is 0.0861. The van der Waals surface area contributed by atoms with Gasteiger partial charge in [0.15, 0.2) is 0 Å². The van der Waals surface area contributed by atoms with Gasteiger partial charge in [-0.25, -0.2) is 0 Å². The third-order valence-corrected chi connectivity index (χ3v) is 12.0. The lowest BCUT2D eigenvalue weighted by molar-refractivity contribution is -0.142. The highest BCUT2D eigenvalue weighted by molar-refractivity contribution is 5.98. The van der Waals surface area contributed by atoms with E-state index >= 15 is 0 Å². The molecule has 330 valence electrons. The molecule has 4 N–H and O–H groups in total. The molecule has 0 aliphatic carbocycles. The average molecular weight is 817 g/mol. The fourth-order valence-corrected chi connectivity index (χ4v) is 8.21. The highest BCUT2D eigenvalue weighted by Gasteiger charge is 2.33. The fourth-order valence-electron chi connectivity index (χ4n) is 8.21. The molecule has 4 rings (SSSR count). The van der Waals surface area contributed by atoms with Crippen molar-refractivity contribution in [1.82, 2.24) is 25.3 Å². The van der Waals surface area contributed by atoms with Crippen LogP contribution in [0.4, 0.5) is 0 Å². The molecule has 59 heavy (non-hydrogen) atoms. The third-order valence-electron chi connectivity index (χ3n) is 12.0. The number of nitrogens with zero attached hydrogens (tertiary/aromatic N) is 3. The first-order valence-electron chi connectivity index (χ1n) is 23.6. The number of hydrogen-bond donors (Lipinski definition) is 3. The number of nitrogens with one attached hydrogen (secondary N) is 2. The zero-order chi connectivity index (χ0) is 42.5. The first kappa shape index (κ1) is 49.6. The number of unbranched alkanes of at least 4 members (excludes halogenated alkanes) is 10. The van der Waals surface area contributed by atoms with Crippen molar-refractivity contribution in [2.75, 3.05) is 52.4 Å². The number of benzene rings is 2. The first-order chi connectivity index (χ1) is 28.8. The monoisotopic (exact) mass is 817 g/mol. The molecule has 10 nitrogen and oxygen atoms in total. The van der Waals surface area contributed by atoms with E-state index in [0.717, 1.165) is 127 Å². The fraction of sp³-hybridized carbons (Fsp3) is 0.673. The SMILES string of the molecule is CCCCCCCCCCC(=O)N1CCCC[C@@H]1C(=O)NCCCCN(CC)CC.NCCCCCNC(=O)[C@H]1CCCCN1C(=O)c1ccc(-c2ccccc2)cc1. The molecule has 10 heteroatoms. The number of rotatable bonds is 25. The lowest BCUT2D eigenvalue weighted by Gasteiger charge is -2.35. The largest absolute Gasteiger partial charge is 0.354 e. The average Bonchev–Trinajstić information content (AvgIpc) is 3.28. The molecule has 0 bridgehead atoms. The molecule has 2 aliphatic heterocycles. The molecule has 4 amide bonds. The van der Waals surface area contributed by atoms with Crippen LogP contribution in [0.3, 0.4) is 0 Å². The number of carbonyl (C=O) groups excluding carboxylic acids is 4. The van der Waals surface area contributed by atoms with Crippen molar-refractivity contribution in [3.8, 4) is 11.1 Å². The summed E-state index contributed by atoms with van der Waals surface area (Å²) in [6.45, 7) is 13.3. The minimum absolute atomic E-state index is 0.0355. The van der Waals surface area contributed by atoms with Gasteiger partial charge >= 0.3 is 0 Å². The molecule has 0 aromatic heterocycles. The molecule has 2 heterocycles. The van der Waals surface area contributed by atoms with E-state index < -0.39 is 0 Å². The van der Waals surface area contributed by atoms with Crippen LogP contribution >= 0.6 is 0 Å². The van der Waals surface area contributed by atoms with Crippen LogP contribution in [0.5, 0.6) is 0 Å². The van der Waals surface area contributed by atoms with Gasteiger partial charge in [0.25, 0.3) is 5.91 Å². The van der Waals surface area contributed by atoms with Crippen molar-refractivity contribution in [3.63, 3.8) is 0 Å². The highest BCUT2D eigenvalue weighted by Crippen LogP contribution is 2.24. The molecule has 2 aromatic rings. The maximum absolute atomic E-state index is 13.1. The number of nitrogens with two attached hydrogens (primary N) is 1.